The topological polar surface area (TPSA) is 32.3 Å². The van der Waals surface area contributed by atoms with E-state index in [1.807, 2.05) is 30.3 Å². The van der Waals surface area contributed by atoms with Crippen LogP contribution in [0.4, 0.5) is 0 Å². The maximum atomic E-state index is 10.1. The number of aliphatic hydroxyl groups is 1. The third kappa shape index (κ3) is 3.65. The molecular weight excluding hydrogens is 310 g/mol. The number of hydrogen-bond donors (Lipinski definition) is 2. The lowest BCUT2D eigenvalue weighted by Gasteiger charge is -2.16. The van der Waals surface area contributed by atoms with Gasteiger partial charge in [0.1, 0.15) is 0 Å². The summed E-state index contributed by atoms with van der Waals surface area (Å²) in [6.45, 7) is 2.66. The van der Waals surface area contributed by atoms with E-state index in [1.54, 1.807) is 11.3 Å². The second kappa shape index (κ2) is 6.48. The molecule has 96 valence electrons. The standard InChI is InChI=1S/C14H16BrNOS/c1-10(14-6-3-7-18-14)16-9-13(17)11-4-2-5-12(15)8-11/h2-8,10,13,16-17H,9H2,1H3/t10-,13?/m1/s1. The highest BCUT2D eigenvalue weighted by Gasteiger charge is 2.11. The van der Waals surface area contributed by atoms with Crippen molar-refractivity contribution in [3.05, 3.63) is 56.7 Å². The van der Waals surface area contributed by atoms with Crippen LogP contribution in [0.1, 0.15) is 29.5 Å². The van der Waals surface area contributed by atoms with Gasteiger partial charge in [-0.15, -0.1) is 11.3 Å². The van der Waals surface area contributed by atoms with Crippen molar-refractivity contribution in [1.29, 1.82) is 0 Å². The fourth-order valence-electron chi connectivity index (χ4n) is 1.76. The number of nitrogens with one attached hydrogen (secondary N) is 1. The number of halogens is 1. The number of thiophene rings is 1. The first-order valence-electron chi connectivity index (χ1n) is 5.87. The lowest BCUT2D eigenvalue weighted by atomic mass is 10.1. The lowest BCUT2D eigenvalue weighted by Crippen LogP contribution is -2.24. The summed E-state index contributed by atoms with van der Waals surface area (Å²) in [6, 6.07) is 12.2. The molecule has 0 aliphatic carbocycles. The molecule has 0 spiro atoms. The van der Waals surface area contributed by atoms with Crippen molar-refractivity contribution in [3.63, 3.8) is 0 Å². The van der Waals surface area contributed by atoms with E-state index in [0.29, 0.717) is 6.54 Å². The SMILES string of the molecule is C[C@@H](NCC(O)c1cccc(Br)c1)c1cccs1. The van der Waals surface area contributed by atoms with Gasteiger partial charge in [-0.3, -0.25) is 0 Å². The highest BCUT2D eigenvalue weighted by atomic mass is 79.9. The Bertz CT molecular complexity index is 486. The minimum atomic E-state index is -0.482. The highest BCUT2D eigenvalue weighted by molar-refractivity contribution is 9.10. The van der Waals surface area contributed by atoms with Gasteiger partial charge in [-0.05, 0) is 36.1 Å². The molecule has 0 bridgehead atoms. The molecule has 1 unspecified atom stereocenters. The first kappa shape index (κ1) is 13.7. The van der Waals surface area contributed by atoms with Crippen LogP contribution >= 0.6 is 27.3 Å². The Balaban J connectivity index is 1.90. The van der Waals surface area contributed by atoms with Crippen molar-refractivity contribution < 1.29 is 5.11 Å². The fraction of sp³-hybridized carbons (Fsp3) is 0.286. The molecule has 0 aliphatic rings. The van der Waals surface area contributed by atoms with Crippen LogP contribution in [0, 0.1) is 0 Å². The smallest absolute Gasteiger partial charge is 0.0914 e. The van der Waals surface area contributed by atoms with Crippen LogP contribution in [0.5, 0.6) is 0 Å². The molecule has 18 heavy (non-hydrogen) atoms. The van der Waals surface area contributed by atoms with Crippen molar-refractivity contribution in [1.82, 2.24) is 5.32 Å². The van der Waals surface area contributed by atoms with Crippen LogP contribution in [0.3, 0.4) is 0 Å². The fourth-order valence-corrected chi connectivity index (χ4v) is 2.93. The van der Waals surface area contributed by atoms with Crippen LogP contribution in [-0.2, 0) is 0 Å². The molecule has 1 heterocycles. The van der Waals surface area contributed by atoms with E-state index >= 15 is 0 Å². The molecule has 0 saturated heterocycles. The van der Waals surface area contributed by atoms with Gasteiger partial charge in [-0.25, -0.2) is 0 Å². The minimum Gasteiger partial charge on any atom is -0.387 e. The Labute approximate surface area is 120 Å². The molecule has 2 rings (SSSR count). The van der Waals surface area contributed by atoms with Crippen LogP contribution in [0.15, 0.2) is 46.3 Å². The molecule has 0 radical (unpaired) electrons. The maximum Gasteiger partial charge on any atom is 0.0914 e. The lowest BCUT2D eigenvalue weighted by molar-refractivity contribution is 0.171. The molecule has 0 amide bonds. The number of aliphatic hydroxyl groups excluding tert-OH is 1. The van der Waals surface area contributed by atoms with Crippen LogP contribution in [0.2, 0.25) is 0 Å². The third-order valence-corrected chi connectivity index (χ3v) is 4.37. The molecule has 0 saturated carbocycles. The van der Waals surface area contributed by atoms with E-state index in [0.717, 1.165) is 10.0 Å². The first-order chi connectivity index (χ1) is 8.66. The Morgan fingerprint density at radius 1 is 1.33 bits per heavy atom. The summed E-state index contributed by atoms with van der Waals surface area (Å²) in [5.74, 6) is 0. The van der Waals surface area contributed by atoms with Crippen LogP contribution in [0.25, 0.3) is 0 Å². The van der Waals surface area contributed by atoms with E-state index in [9.17, 15) is 5.11 Å². The third-order valence-electron chi connectivity index (χ3n) is 2.82. The second-order valence-electron chi connectivity index (χ2n) is 4.22. The predicted octanol–water partition coefficient (Wildman–Crippen LogP) is 3.89. The maximum absolute atomic E-state index is 10.1. The molecular formula is C14H16BrNOS. The zero-order chi connectivity index (χ0) is 13.0. The van der Waals surface area contributed by atoms with E-state index in [4.69, 9.17) is 0 Å². The van der Waals surface area contributed by atoms with Gasteiger partial charge in [0.25, 0.3) is 0 Å². The quantitative estimate of drug-likeness (QED) is 0.873. The normalized spacial score (nSPS) is 14.4. The van der Waals surface area contributed by atoms with Crippen molar-refractivity contribution in [3.8, 4) is 0 Å². The summed E-state index contributed by atoms with van der Waals surface area (Å²) in [5.41, 5.74) is 0.926. The zero-order valence-corrected chi connectivity index (χ0v) is 12.5. The number of hydrogen-bond acceptors (Lipinski definition) is 3. The Morgan fingerprint density at radius 2 is 2.17 bits per heavy atom. The highest BCUT2D eigenvalue weighted by Crippen LogP contribution is 2.21. The van der Waals surface area contributed by atoms with Crippen molar-refractivity contribution in [2.45, 2.75) is 19.1 Å². The van der Waals surface area contributed by atoms with Gasteiger partial charge in [0.15, 0.2) is 0 Å². The van der Waals surface area contributed by atoms with Gasteiger partial charge >= 0.3 is 0 Å². The average Bonchev–Trinajstić information content (AvgIpc) is 2.89. The van der Waals surface area contributed by atoms with E-state index < -0.39 is 6.10 Å². The Morgan fingerprint density at radius 3 is 2.83 bits per heavy atom. The monoisotopic (exact) mass is 325 g/mol. The molecule has 0 fully saturated rings. The first-order valence-corrected chi connectivity index (χ1v) is 7.54. The molecule has 2 aromatic rings. The van der Waals surface area contributed by atoms with Gasteiger partial charge in [-0.2, -0.15) is 0 Å². The van der Waals surface area contributed by atoms with E-state index in [2.05, 4.69) is 39.6 Å². The summed E-state index contributed by atoms with van der Waals surface area (Å²) in [4.78, 5) is 1.29. The summed E-state index contributed by atoms with van der Waals surface area (Å²) >= 11 is 5.14. The molecule has 0 aliphatic heterocycles. The largest absolute Gasteiger partial charge is 0.387 e. The number of benzene rings is 1. The van der Waals surface area contributed by atoms with Crippen molar-refractivity contribution in [2.24, 2.45) is 0 Å². The molecule has 2 atom stereocenters. The number of rotatable bonds is 5. The molecule has 2 N–H and O–H groups in total. The van der Waals surface area contributed by atoms with Gasteiger partial charge in [0.2, 0.25) is 0 Å². The Hall–Kier alpha value is -0.680. The van der Waals surface area contributed by atoms with Gasteiger partial charge < -0.3 is 10.4 Å². The van der Waals surface area contributed by atoms with Gasteiger partial charge in [0.05, 0.1) is 6.10 Å². The van der Waals surface area contributed by atoms with Crippen LogP contribution < -0.4 is 5.32 Å². The summed E-state index contributed by atoms with van der Waals surface area (Å²) in [6.07, 6.45) is -0.482. The molecule has 4 heteroatoms. The molecule has 1 aromatic heterocycles. The van der Waals surface area contributed by atoms with Gasteiger partial charge in [-0.1, -0.05) is 34.1 Å². The van der Waals surface area contributed by atoms with E-state index in [1.165, 1.54) is 4.88 Å². The summed E-state index contributed by atoms with van der Waals surface area (Å²) < 4.78 is 0.991. The summed E-state index contributed by atoms with van der Waals surface area (Å²) in [7, 11) is 0. The average molecular weight is 326 g/mol. The molecule has 1 aromatic carbocycles. The second-order valence-corrected chi connectivity index (χ2v) is 6.11. The zero-order valence-electron chi connectivity index (χ0n) is 10.1. The van der Waals surface area contributed by atoms with Crippen molar-refractivity contribution in [2.75, 3.05) is 6.54 Å². The minimum absolute atomic E-state index is 0.270. The van der Waals surface area contributed by atoms with Gasteiger partial charge in [0, 0.05) is 21.9 Å². The van der Waals surface area contributed by atoms with Crippen LogP contribution in [-0.4, -0.2) is 11.7 Å². The molecule has 2 nitrogen and oxygen atoms in total. The van der Waals surface area contributed by atoms with E-state index in [-0.39, 0.29) is 6.04 Å². The predicted molar refractivity (Wildman–Crippen MR) is 79.8 cm³/mol. The Kier molecular flexibility index (Phi) is 4.95. The van der Waals surface area contributed by atoms with Crippen molar-refractivity contribution >= 4 is 27.3 Å². The summed E-state index contributed by atoms with van der Waals surface area (Å²) in [5, 5.41) is 15.5.